The van der Waals surface area contributed by atoms with Crippen LogP contribution in [0.5, 0.6) is 0 Å². The van der Waals surface area contributed by atoms with E-state index in [4.69, 9.17) is 0 Å². The van der Waals surface area contributed by atoms with Gasteiger partial charge in [0.2, 0.25) is 0 Å². The summed E-state index contributed by atoms with van der Waals surface area (Å²) in [5.41, 5.74) is -0.195. The summed E-state index contributed by atoms with van der Waals surface area (Å²) in [6.45, 7) is 3.77. The van der Waals surface area contributed by atoms with E-state index < -0.39 is 5.60 Å². The third kappa shape index (κ3) is 4.27. The van der Waals surface area contributed by atoms with Crippen LogP contribution >= 0.6 is 0 Å². The second-order valence-corrected chi connectivity index (χ2v) is 3.89. The molecule has 1 atom stereocenters. The highest BCUT2D eigenvalue weighted by Crippen LogP contribution is 2.06. The van der Waals surface area contributed by atoms with Crippen molar-refractivity contribution in [1.29, 1.82) is 0 Å². The fourth-order valence-corrected chi connectivity index (χ4v) is 1.01. The summed E-state index contributed by atoms with van der Waals surface area (Å²) in [5, 5.41) is 14.9. The van der Waals surface area contributed by atoms with Crippen molar-refractivity contribution in [2.75, 3.05) is 11.9 Å². The van der Waals surface area contributed by atoms with E-state index in [0.717, 1.165) is 0 Å². The van der Waals surface area contributed by atoms with Crippen LogP contribution in [0, 0.1) is 0 Å². The predicted octanol–water partition coefficient (Wildman–Crippen LogP) is 1.36. The van der Waals surface area contributed by atoms with Crippen LogP contribution in [0.4, 0.5) is 10.5 Å². The van der Waals surface area contributed by atoms with Crippen molar-refractivity contribution in [2.45, 2.75) is 25.9 Å². The molecule has 0 bridgehead atoms. The molecule has 0 fully saturated rings. The SMILES string of the molecule is CC[C@@](C)(O)CNC(=O)Nc1ccncc1. The molecule has 3 N–H and O–H groups in total. The normalized spacial score (nSPS) is 13.9. The highest BCUT2D eigenvalue weighted by atomic mass is 16.3. The third-order valence-electron chi connectivity index (χ3n) is 2.33. The summed E-state index contributed by atoms with van der Waals surface area (Å²) in [7, 11) is 0. The number of hydrogen-bond donors (Lipinski definition) is 3. The quantitative estimate of drug-likeness (QED) is 0.721. The van der Waals surface area contributed by atoms with Gasteiger partial charge in [-0.1, -0.05) is 6.92 Å². The van der Waals surface area contributed by atoms with Crippen molar-refractivity contribution in [1.82, 2.24) is 10.3 Å². The summed E-state index contributed by atoms with van der Waals surface area (Å²) < 4.78 is 0. The number of hydrogen-bond acceptors (Lipinski definition) is 3. The van der Waals surface area contributed by atoms with Gasteiger partial charge in [0, 0.05) is 24.6 Å². The topological polar surface area (TPSA) is 74.2 Å². The molecule has 1 rings (SSSR count). The lowest BCUT2D eigenvalue weighted by Gasteiger charge is -2.21. The first kappa shape index (κ1) is 12.4. The Bertz CT molecular complexity index is 338. The maximum atomic E-state index is 11.4. The number of amides is 2. The highest BCUT2D eigenvalue weighted by molar-refractivity contribution is 5.89. The second kappa shape index (κ2) is 5.46. The molecule has 0 unspecified atom stereocenters. The van der Waals surface area contributed by atoms with Gasteiger partial charge < -0.3 is 15.7 Å². The number of urea groups is 1. The van der Waals surface area contributed by atoms with Crippen molar-refractivity contribution < 1.29 is 9.90 Å². The molecule has 0 aliphatic heterocycles. The zero-order chi connectivity index (χ0) is 12.0. The molecule has 0 aliphatic rings. The molecular weight excluding hydrogens is 206 g/mol. The van der Waals surface area contributed by atoms with Crippen molar-refractivity contribution in [3.8, 4) is 0 Å². The first-order chi connectivity index (χ1) is 7.53. The van der Waals surface area contributed by atoms with Crippen LogP contribution < -0.4 is 10.6 Å². The number of rotatable bonds is 4. The molecule has 2 amide bonds. The van der Waals surface area contributed by atoms with E-state index in [2.05, 4.69) is 15.6 Å². The fourth-order valence-electron chi connectivity index (χ4n) is 1.01. The Kier molecular flexibility index (Phi) is 4.25. The molecule has 0 aliphatic carbocycles. The maximum absolute atomic E-state index is 11.4. The summed E-state index contributed by atoms with van der Waals surface area (Å²) in [4.78, 5) is 15.3. The van der Waals surface area contributed by atoms with Gasteiger partial charge in [0.1, 0.15) is 0 Å². The van der Waals surface area contributed by atoms with E-state index in [0.29, 0.717) is 12.1 Å². The van der Waals surface area contributed by atoms with Gasteiger partial charge in [-0.05, 0) is 25.5 Å². The lowest BCUT2D eigenvalue weighted by atomic mass is 10.0. The first-order valence-corrected chi connectivity index (χ1v) is 5.21. The molecule has 16 heavy (non-hydrogen) atoms. The standard InChI is InChI=1S/C11H17N3O2/c1-3-11(2,16)8-13-10(15)14-9-4-6-12-7-5-9/h4-7,16H,3,8H2,1-2H3,(H2,12,13,14,15)/t11-/m1/s1. The molecule has 0 saturated carbocycles. The Balaban J connectivity index is 2.38. The van der Waals surface area contributed by atoms with E-state index in [1.165, 1.54) is 0 Å². The van der Waals surface area contributed by atoms with Crippen LogP contribution in [0.15, 0.2) is 24.5 Å². The summed E-state index contributed by atoms with van der Waals surface area (Å²) in [6.07, 6.45) is 3.78. The van der Waals surface area contributed by atoms with Crippen molar-refractivity contribution in [2.24, 2.45) is 0 Å². The van der Waals surface area contributed by atoms with Crippen molar-refractivity contribution in [3.05, 3.63) is 24.5 Å². The average Bonchev–Trinajstić information content (AvgIpc) is 2.28. The van der Waals surface area contributed by atoms with Crippen LogP contribution in [0.25, 0.3) is 0 Å². The zero-order valence-electron chi connectivity index (χ0n) is 9.53. The molecule has 5 heteroatoms. The molecule has 1 aromatic rings. The molecule has 0 spiro atoms. The van der Waals surface area contributed by atoms with Gasteiger partial charge in [0.15, 0.2) is 0 Å². The Hall–Kier alpha value is -1.62. The van der Waals surface area contributed by atoms with E-state index >= 15 is 0 Å². The summed E-state index contributed by atoms with van der Waals surface area (Å²) >= 11 is 0. The van der Waals surface area contributed by atoms with Crippen LogP contribution in [-0.4, -0.2) is 28.3 Å². The number of nitrogens with zero attached hydrogens (tertiary/aromatic N) is 1. The number of anilines is 1. The number of aromatic nitrogens is 1. The van der Waals surface area contributed by atoms with Crippen LogP contribution in [0.1, 0.15) is 20.3 Å². The van der Waals surface area contributed by atoms with Gasteiger partial charge in [0.25, 0.3) is 0 Å². The Morgan fingerprint density at radius 1 is 1.50 bits per heavy atom. The molecule has 0 aromatic carbocycles. The Labute approximate surface area is 94.9 Å². The fraction of sp³-hybridized carbons (Fsp3) is 0.455. The molecule has 5 nitrogen and oxygen atoms in total. The molecule has 1 aromatic heterocycles. The van der Waals surface area contributed by atoms with Crippen LogP contribution in [-0.2, 0) is 0 Å². The average molecular weight is 223 g/mol. The Morgan fingerprint density at radius 2 is 2.12 bits per heavy atom. The van der Waals surface area contributed by atoms with Gasteiger partial charge >= 0.3 is 6.03 Å². The minimum absolute atomic E-state index is 0.223. The van der Waals surface area contributed by atoms with Gasteiger partial charge in [-0.2, -0.15) is 0 Å². The summed E-state index contributed by atoms with van der Waals surface area (Å²) in [5.74, 6) is 0. The van der Waals surface area contributed by atoms with E-state index in [1.807, 2.05) is 6.92 Å². The van der Waals surface area contributed by atoms with E-state index in [1.54, 1.807) is 31.5 Å². The Morgan fingerprint density at radius 3 is 2.69 bits per heavy atom. The number of carbonyl (C=O) groups is 1. The minimum Gasteiger partial charge on any atom is -0.388 e. The van der Waals surface area contributed by atoms with Gasteiger partial charge in [-0.3, -0.25) is 4.98 Å². The van der Waals surface area contributed by atoms with Crippen LogP contribution in [0.3, 0.4) is 0 Å². The van der Waals surface area contributed by atoms with Gasteiger partial charge in [0.05, 0.1) is 5.60 Å². The van der Waals surface area contributed by atoms with Crippen molar-refractivity contribution in [3.63, 3.8) is 0 Å². The van der Waals surface area contributed by atoms with Gasteiger partial charge in [-0.25, -0.2) is 4.79 Å². The number of nitrogens with one attached hydrogen (secondary N) is 2. The summed E-state index contributed by atoms with van der Waals surface area (Å²) in [6, 6.07) is 3.05. The van der Waals surface area contributed by atoms with Gasteiger partial charge in [-0.15, -0.1) is 0 Å². The molecular formula is C11H17N3O2. The second-order valence-electron chi connectivity index (χ2n) is 3.89. The molecule has 88 valence electrons. The highest BCUT2D eigenvalue weighted by Gasteiger charge is 2.18. The van der Waals surface area contributed by atoms with E-state index in [-0.39, 0.29) is 12.6 Å². The predicted molar refractivity (Wildman–Crippen MR) is 62.2 cm³/mol. The third-order valence-corrected chi connectivity index (χ3v) is 2.33. The molecule has 1 heterocycles. The maximum Gasteiger partial charge on any atom is 0.319 e. The van der Waals surface area contributed by atoms with Crippen LogP contribution in [0.2, 0.25) is 0 Å². The molecule has 0 saturated heterocycles. The van der Waals surface area contributed by atoms with E-state index in [9.17, 15) is 9.90 Å². The van der Waals surface area contributed by atoms with Crippen molar-refractivity contribution >= 4 is 11.7 Å². The number of pyridine rings is 1. The lowest BCUT2D eigenvalue weighted by molar-refractivity contribution is 0.0587. The number of carbonyl (C=O) groups excluding carboxylic acids is 1. The first-order valence-electron chi connectivity index (χ1n) is 5.21. The lowest BCUT2D eigenvalue weighted by Crippen LogP contribution is -2.41. The largest absolute Gasteiger partial charge is 0.388 e. The molecule has 0 radical (unpaired) electrons. The zero-order valence-corrected chi connectivity index (χ0v) is 9.53. The number of aliphatic hydroxyl groups is 1. The smallest absolute Gasteiger partial charge is 0.319 e. The monoisotopic (exact) mass is 223 g/mol. The minimum atomic E-state index is -0.865.